The second kappa shape index (κ2) is 11.8. The van der Waals surface area contributed by atoms with Gasteiger partial charge in [0.15, 0.2) is 17.5 Å². The summed E-state index contributed by atoms with van der Waals surface area (Å²) in [6.45, 7) is 4.67. The Hall–Kier alpha value is -6.49. The van der Waals surface area contributed by atoms with Crippen LogP contribution in [0.4, 0.5) is 0 Å². The maximum Gasteiger partial charge on any atom is 0.164 e. The van der Waals surface area contributed by atoms with Crippen molar-refractivity contribution in [3.05, 3.63) is 175 Å². The van der Waals surface area contributed by atoms with E-state index in [-0.39, 0.29) is 5.41 Å². The molecule has 10 aromatic rings. The number of aromatic nitrogens is 3. The van der Waals surface area contributed by atoms with Gasteiger partial charge >= 0.3 is 0 Å². The molecule has 2 aromatic heterocycles. The number of rotatable bonds is 4. The van der Waals surface area contributed by atoms with Crippen LogP contribution in [0, 0.1) is 0 Å². The van der Waals surface area contributed by atoms with Crippen LogP contribution in [-0.4, -0.2) is 15.0 Å². The number of hydrogen-bond acceptors (Lipinski definition) is 4. The molecular weight excluding hydrogens is 675 g/mol. The quantitative estimate of drug-likeness (QED) is 0.183. The Bertz CT molecular complexity index is 3140. The Balaban J connectivity index is 1.10. The third-order valence-corrected chi connectivity index (χ3v) is 12.4. The lowest BCUT2D eigenvalue weighted by atomic mass is 9.82. The fourth-order valence-electron chi connectivity index (χ4n) is 8.58. The van der Waals surface area contributed by atoms with Crippen LogP contribution in [0.25, 0.3) is 98.1 Å². The van der Waals surface area contributed by atoms with Gasteiger partial charge in [0.1, 0.15) is 0 Å². The van der Waals surface area contributed by atoms with Crippen molar-refractivity contribution in [3.63, 3.8) is 0 Å². The first-order chi connectivity index (χ1) is 26.5. The molecule has 0 unspecified atom stereocenters. The Morgan fingerprint density at radius 3 is 1.91 bits per heavy atom. The molecule has 1 aliphatic carbocycles. The normalized spacial score (nSPS) is 13.1. The summed E-state index contributed by atoms with van der Waals surface area (Å²) in [5.74, 6) is 1.99. The van der Waals surface area contributed by atoms with Gasteiger partial charge in [-0.1, -0.05) is 147 Å². The van der Waals surface area contributed by atoms with Crippen LogP contribution in [0.1, 0.15) is 25.0 Å². The zero-order valence-electron chi connectivity index (χ0n) is 29.8. The topological polar surface area (TPSA) is 38.7 Å². The molecule has 0 saturated heterocycles. The van der Waals surface area contributed by atoms with Gasteiger partial charge in [-0.05, 0) is 85.3 Å². The van der Waals surface area contributed by atoms with Gasteiger partial charge in [-0.25, -0.2) is 15.0 Å². The molecule has 0 atom stereocenters. The van der Waals surface area contributed by atoms with Gasteiger partial charge < -0.3 is 0 Å². The smallest absolute Gasteiger partial charge is 0.164 e. The summed E-state index contributed by atoms with van der Waals surface area (Å²) in [5.41, 5.74) is 10.9. The number of fused-ring (bicyclic) bond motifs is 9. The lowest BCUT2D eigenvalue weighted by Gasteiger charge is -2.21. The summed E-state index contributed by atoms with van der Waals surface area (Å²) in [7, 11) is 0. The number of thiophene rings is 1. The number of benzene rings is 8. The largest absolute Gasteiger partial charge is 0.208 e. The molecular formula is C50H33N3S. The molecule has 0 aliphatic heterocycles. The average molecular weight is 708 g/mol. The minimum Gasteiger partial charge on any atom is -0.208 e. The predicted molar refractivity (Wildman–Crippen MR) is 227 cm³/mol. The van der Waals surface area contributed by atoms with Crippen LogP contribution in [0.5, 0.6) is 0 Å². The van der Waals surface area contributed by atoms with Gasteiger partial charge in [-0.3, -0.25) is 0 Å². The van der Waals surface area contributed by atoms with Gasteiger partial charge in [0.25, 0.3) is 0 Å². The van der Waals surface area contributed by atoms with Crippen LogP contribution in [0.15, 0.2) is 164 Å². The van der Waals surface area contributed by atoms with E-state index in [1.54, 1.807) is 0 Å². The van der Waals surface area contributed by atoms with Crippen LogP contribution >= 0.6 is 11.3 Å². The highest BCUT2D eigenvalue weighted by atomic mass is 32.1. The summed E-state index contributed by atoms with van der Waals surface area (Å²) in [4.78, 5) is 15.4. The van der Waals surface area contributed by atoms with Gasteiger partial charge in [0.2, 0.25) is 0 Å². The van der Waals surface area contributed by atoms with Crippen molar-refractivity contribution in [2.45, 2.75) is 19.3 Å². The molecule has 1 aliphatic rings. The van der Waals surface area contributed by atoms with E-state index >= 15 is 0 Å². The van der Waals surface area contributed by atoms with Crippen molar-refractivity contribution >= 4 is 53.1 Å². The molecule has 0 bridgehead atoms. The van der Waals surface area contributed by atoms with Gasteiger partial charge in [0.05, 0.1) is 0 Å². The zero-order valence-corrected chi connectivity index (χ0v) is 30.7. The first-order valence-corrected chi connectivity index (χ1v) is 19.3. The van der Waals surface area contributed by atoms with Crippen molar-refractivity contribution in [1.29, 1.82) is 0 Å². The lowest BCUT2D eigenvalue weighted by Crippen LogP contribution is -2.14. The molecule has 2 heterocycles. The van der Waals surface area contributed by atoms with E-state index in [9.17, 15) is 0 Å². The monoisotopic (exact) mass is 707 g/mol. The van der Waals surface area contributed by atoms with Crippen molar-refractivity contribution in [3.8, 4) is 56.4 Å². The average Bonchev–Trinajstić information content (AvgIpc) is 3.71. The van der Waals surface area contributed by atoms with Crippen LogP contribution in [0.2, 0.25) is 0 Å². The maximum atomic E-state index is 5.21. The molecule has 0 amide bonds. The van der Waals surface area contributed by atoms with E-state index in [4.69, 9.17) is 15.0 Å². The molecule has 0 spiro atoms. The molecule has 4 heteroatoms. The zero-order chi connectivity index (χ0) is 36.0. The minimum atomic E-state index is -0.00871. The third-order valence-electron chi connectivity index (χ3n) is 11.3. The van der Waals surface area contributed by atoms with Crippen LogP contribution < -0.4 is 0 Å². The SMILES string of the molecule is CC1(C)c2ccccc2-c2cc(-c3ccc4sc5cc(-c6nc(-c7ccccc7)nc(-c7ccc8ccccc8c7)n6)c6ccccc6c5c4c3)ccc21. The standard InChI is InChI=1S/C50H33N3S/c1-50(2)42-19-11-10-17-37(42)39-27-33(22-24-43(39)50)34-23-25-44-41(28-34)46-38-18-9-8-16-36(38)40(29-45(46)54-44)49-52-47(31-13-4-3-5-14-31)51-48(53-49)35-21-20-30-12-6-7-15-32(30)26-35/h3-29H,1-2H3. The van der Waals surface area contributed by atoms with Gasteiger partial charge in [0, 0.05) is 42.3 Å². The van der Waals surface area contributed by atoms with Crippen molar-refractivity contribution < 1.29 is 0 Å². The van der Waals surface area contributed by atoms with Crippen LogP contribution in [0.3, 0.4) is 0 Å². The Labute approximate surface area is 317 Å². The second-order valence-electron chi connectivity index (χ2n) is 14.8. The number of nitrogens with zero attached hydrogens (tertiary/aromatic N) is 3. The Kier molecular flexibility index (Phi) is 6.77. The highest BCUT2D eigenvalue weighted by molar-refractivity contribution is 7.26. The van der Waals surface area contributed by atoms with Crippen molar-refractivity contribution in [2.75, 3.05) is 0 Å². The van der Waals surface area contributed by atoms with E-state index in [1.165, 1.54) is 64.3 Å². The maximum absolute atomic E-state index is 5.21. The first kappa shape index (κ1) is 31.1. The Morgan fingerprint density at radius 1 is 0.389 bits per heavy atom. The molecule has 0 radical (unpaired) electrons. The molecule has 254 valence electrons. The predicted octanol–water partition coefficient (Wildman–Crippen LogP) is 13.5. The fraction of sp³-hybridized carbons (Fsp3) is 0.0600. The molecule has 11 rings (SSSR count). The molecule has 8 aromatic carbocycles. The van der Waals surface area contributed by atoms with Gasteiger partial charge in [-0.2, -0.15) is 0 Å². The summed E-state index contributed by atoms with van der Waals surface area (Å²) in [6.07, 6.45) is 0. The minimum absolute atomic E-state index is 0.00871. The molecule has 0 N–H and O–H groups in total. The van der Waals surface area contributed by atoms with Gasteiger partial charge in [-0.15, -0.1) is 11.3 Å². The second-order valence-corrected chi connectivity index (χ2v) is 15.9. The Morgan fingerprint density at radius 2 is 1.04 bits per heavy atom. The van der Waals surface area contributed by atoms with E-state index in [2.05, 4.69) is 159 Å². The lowest BCUT2D eigenvalue weighted by molar-refractivity contribution is 0.660. The first-order valence-electron chi connectivity index (χ1n) is 18.4. The van der Waals surface area contributed by atoms with E-state index in [0.717, 1.165) is 27.5 Å². The molecule has 0 saturated carbocycles. The van der Waals surface area contributed by atoms with E-state index in [1.807, 2.05) is 29.5 Å². The van der Waals surface area contributed by atoms with E-state index in [0.29, 0.717) is 17.5 Å². The summed E-state index contributed by atoms with van der Waals surface area (Å²) in [6, 6.07) is 58.9. The highest BCUT2D eigenvalue weighted by Gasteiger charge is 2.35. The van der Waals surface area contributed by atoms with Crippen molar-refractivity contribution in [1.82, 2.24) is 15.0 Å². The summed E-state index contributed by atoms with van der Waals surface area (Å²) >= 11 is 1.83. The third kappa shape index (κ3) is 4.77. The fourth-order valence-corrected chi connectivity index (χ4v) is 9.72. The van der Waals surface area contributed by atoms with Crippen LogP contribution in [-0.2, 0) is 5.41 Å². The number of hydrogen-bond donors (Lipinski definition) is 0. The summed E-state index contributed by atoms with van der Waals surface area (Å²) in [5, 5.41) is 7.22. The molecule has 3 nitrogen and oxygen atoms in total. The molecule has 54 heavy (non-hydrogen) atoms. The van der Waals surface area contributed by atoms with Crippen molar-refractivity contribution in [2.24, 2.45) is 0 Å². The van der Waals surface area contributed by atoms with E-state index < -0.39 is 0 Å². The molecule has 0 fully saturated rings. The highest BCUT2D eigenvalue weighted by Crippen LogP contribution is 2.50. The summed E-state index contributed by atoms with van der Waals surface area (Å²) < 4.78 is 2.48.